The quantitative estimate of drug-likeness (QED) is 0.186. The molecule has 0 radical (unpaired) electrons. The Hall–Kier alpha value is -3.61. The van der Waals surface area contributed by atoms with E-state index in [0.29, 0.717) is 5.56 Å². The van der Waals surface area contributed by atoms with Crippen molar-refractivity contribution in [1.82, 2.24) is 0 Å². The van der Waals surface area contributed by atoms with Crippen molar-refractivity contribution >= 4 is 29.8 Å². The molecule has 3 aliphatic heterocycles. The molecule has 57 heavy (non-hydrogen) atoms. The molecule has 0 amide bonds. The number of aliphatic hydroxyl groups is 2. The summed E-state index contributed by atoms with van der Waals surface area (Å²) >= 11 is 0. The van der Waals surface area contributed by atoms with E-state index >= 15 is 0 Å². The summed E-state index contributed by atoms with van der Waals surface area (Å²) in [6.45, 7) is 12.6. The first-order valence-electron chi connectivity index (χ1n) is 19.4. The van der Waals surface area contributed by atoms with Gasteiger partial charge in [-0.3, -0.25) is 19.2 Å². The Labute approximate surface area is 329 Å². The van der Waals surface area contributed by atoms with Crippen LogP contribution < -0.4 is 0 Å². The molecule has 16 atom stereocenters. The number of esters is 5. The van der Waals surface area contributed by atoms with Crippen LogP contribution in [-0.2, 0) is 66.6 Å². The average molecular weight is 805 g/mol. The van der Waals surface area contributed by atoms with Crippen LogP contribution in [-0.4, -0.2) is 113 Å². The van der Waals surface area contributed by atoms with Crippen molar-refractivity contribution in [2.75, 3.05) is 14.2 Å². The van der Waals surface area contributed by atoms with Gasteiger partial charge in [-0.25, -0.2) is 4.79 Å². The van der Waals surface area contributed by atoms with Crippen LogP contribution in [0.25, 0.3) is 0 Å². The molecule has 4 heterocycles. The van der Waals surface area contributed by atoms with E-state index in [0.717, 1.165) is 0 Å². The predicted octanol–water partition coefficient (Wildman–Crippen LogP) is 2.57. The monoisotopic (exact) mass is 804 g/mol. The van der Waals surface area contributed by atoms with Crippen LogP contribution in [0.1, 0.15) is 99.2 Å². The molecule has 16 unspecified atom stereocenters. The van der Waals surface area contributed by atoms with Crippen LogP contribution in [0.3, 0.4) is 0 Å². The Morgan fingerprint density at radius 3 is 2.09 bits per heavy atom. The van der Waals surface area contributed by atoms with E-state index in [2.05, 4.69) is 0 Å². The van der Waals surface area contributed by atoms with Gasteiger partial charge in [0, 0.05) is 54.4 Å². The molecule has 8 rings (SSSR count). The van der Waals surface area contributed by atoms with E-state index in [9.17, 15) is 34.2 Å². The highest BCUT2D eigenvalue weighted by molar-refractivity contribution is 5.83. The predicted molar refractivity (Wildman–Crippen MR) is 187 cm³/mol. The summed E-state index contributed by atoms with van der Waals surface area (Å²) in [6, 6.07) is 1.57. The lowest BCUT2D eigenvalue weighted by atomic mass is 9.33. The molecule has 0 aromatic carbocycles. The Bertz CT molecular complexity index is 1920. The maximum Gasteiger partial charge on any atom is 0.341 e. The first kappa shape index (κ1) is 40.2. The minimum Gasteiger partial charge on any atom is -0.472 e. The average Bonchev–Trinajstić information content (AvgIpc) is 3.47. The van der Waals surface area contributed by atoms with Crippen molar-refractivity contribution in [3.05, 3.63) is 24.2 Å². The summed E-state index contributed by atoms with van der Waals surface area (Å²) in [6.07, 6.45) is -5.50. The Morgan fingerprint density at radius 1 is 0.912 bits per heavy atom. The SMILES string of the molecule is CCC(=O)OC1C2(O)C(OC(=O)C3(C)OC3C)C3(C)CC24OC2(C)OC15C(CC(=O)OC)C(C)(C(OC(C)=O)c1ccoc1)CC(O)C5(O2)C4(C)C3CC(=O)OC. The second kappa shape index (κ2) is 12.0. The van der Waals surface area contributed by atoms with Crippen LogP contribution in [0.2, 0.25) is 0 Å². The van der Waals surface area contributed by atoms with Crippen molar-refractivity contribution in [2.24, 2.45) is 28.1 Å². The fourth-order valence-electron chi connectivity index (χ4n) is 13.2. The van der Waals surface area contributed by atoms with E-state index < -0.39 is 129 Å². The van der Waals surface area contributed by atoms with E-state index in [4.69, 9.17) is 47.0 Å². The van der Waals surface area contributed by atoms with Gasteiger partial charge in [-0.15, -0.1) is 0 Å². The number of aliphatic hydroxyl groups excluding tert-OH is 1. The number of rotatable bonds is 11. The van der Waals surface area contributed by atoms with Gasteiger partial charge in [-0.05, 0) is 38.7 Å². The minimum absolute atomic E-state index is 0.0865. The highest BCUT2D eigenvalue weighted by Crippen LogP contribution is 2.89. The van der Waals surface area contributed by atoms with Gasteiger partial charge in [0.25, 0.3) is 5.97 Å². The number of epoxide rings is 1. The number of carbonyl (C=O) groups excluding carboxylic acids is 5. The molecule has 2 N–H and O–H groups in total. The number of fused-ring (bicyclic) bond motifs is 2. The molecule has 7 fully saturated rings. The standard InChI is InChI=1S/C40H52O17/c1-11-25(43)52-30-38(47)29(53-31(46)34(6)19(2)54-34)33(5)18-37(38)35(7,22(33)14-26(44)48-9)40-24(42)16-32(4,28(51-20(3)41)21-12-13-50-17-21)23(15-27(45)49-10)39(30,40)56-36(8,55-37)57-40/h12-13,17,19,22-24,28-30,42,47H,11,14-16,18H2,1-10H3. The first-order valence-corrected chi connectivity index (χ1v) is 19.4. The van der Waals surface area contributed by atoms with E-state index in [1.165, 1.54) is 40.6 Å². The van der Waals surface area contributed by atoms with E-state index in [1.807, 2.05) is 0 Å². The van der Waals surface area contributed by atoms with Crippen LogP contribution in [0.5, 0.6) is 0 Å². The number of carbonyl (C=O) groups is 5. The van der Waals surface area contributed by atoms with Crippen molar-refractivity contribution in [2.45, 2.75) is 152 Å². The van der Waals surface area contributed by atoms with Crippen molar-refractivity contribution in [3.8, 4) is 0 Å². The summed E-state index contributed by atoms with van der Waals surface area (Å²) < 4.78 is 61.7. The molecule has 7 aliphatic rings. The second-order valence-electron chi connectivity index (χ2n) is 18.0. The first-order chi connectivity index (χ1) is 26.5. The van der Waals surface area contributed by atoms with Crippen molar-refractivity contribution < 1.29 is 81.2 Å². The Kier molecular flexibility index (Phi) is 8.46. The lowest BCUT2D eigenvalue weighted by Crippen LogP contribution is -2.95. The minimum atomic E-state index is -2.53. The topological polar surface area (TPSA) is 225 Å². The summed E-state index contributed by atoms with van der Waals surface area (Å²) in [5.41, 5.74) is -14.4. The maximum absolute atomic E-state index is 14.2. The maximum atomic E-state index is 14.2. The molecule has 1 aromatic rings. The van der Waals surface area contributed by atoms with Gasteiger partial charge >= 0.3 is 29.8 Å². The summed E-state index contributed by atoms with van der Waals surface area (Å²) in [7, 11) is 2.42. The largest absolute Gasteiger partial charge is 0.472 e. The summed E-state index contributed by atoms with van der Waals surface area (Å²) in [5.74, 6) is -8.14. The zero-order valence-electron chi connectivity index (χ0n) is 33.8. The van der Waals surface area contributed by atoms with Crippen molar-refractivity contribution in [3.63, 3.8) is 0 Å². The highest BCUT2D eigenvalue weighted by Gasteiger charge is 3.05. The van der Waals surface area contributed by atoms with E-state index in [-0.39, 0.29) is 25.7 Å². The fraction of sp³-hybridized carbons (Fsp3) is 0.775. The molecule has 4 aliphatic carbocycles. The molecule has 3 saturated heterocycles. The molecule has 4 bridgehead atoms. The molecule has 4 saturated carbocycles. The Balaban J connectivity index is 1.48. The molecular weight excluding hydrogens is 752 g/mol. The third kappa shape index (κ3) is 4.42. The normalized spacial score (nSPS) is 49.8. The van der Waals surface area contributed by atoms with Gasteiger partial charge in [-0.2, -0.15) is 0 Å². The van der Waals surface area contributed by atoms with Crippen LogP contribution in [0.15, 0.2) is 23.0 Å². The van der Waals surface area contributed by atoms with E-state index in [1.54, 1.807) is 47.6 Å². The zero-order chi connectivity index (χ0) is 41.7. The molecule has 17 nitrogen and oxygen atoms in total. The summed E-state index contributed by atoms with van der Waals surface area (Å²) in [4.78, 5) is 68.5. The number of ether oxygens (including phenoxy) is 9. The highest BCUT2D eigenvalue weighted by atomic mass is 16.9. The Morgan fingerprint density at radius 2 is 1.54 bits per heavy atom. The smallest absolute Gasteiger partial charge is 0.341 e. The number of furan rings is 1. The van der Waals surface area contributed by atoms with Gasteiger partial charge < -0.3 is 57.3 Å². The molecule has 314 valence electrons. The lowest BCUT2D eigenvalue weighted by Gasteiger charge is -2.77. The zero-order valence-corrected chi connectivity index (χ0v) is 33.8. The van der Waals surface area contributed by atoms with Gasteiger partial charge in [0.2, 0.25) is 0 Å². The van der Waals surface area contributed by atoms with Gasteiger partial charge in [0.1, 0.15) is 23.4 Å². The number of hydrogen-bond donors (Lipinski definition) is 2. The summed E-state index contributed by atoms with van der Waals surface area (Å²) in [5, 5.41) is 27.3. The third-order valence-electron chi connectivity index (χ3n) is 15.5. The molecule has 1 aromatic heterocycles. The van der Waals surface area contributed by atoms with Crippen LogP contribution in [0, 0.1) is 28.1 Å². The van der Waals surface area contributed by atoms with Gasteiger partial charge in [0.15, 0.2) is 22.9 Å². The third-order valence-corrected chi connectivity index (χ3v) is 15.5. The van der Waals surface area contributed by atoms with Crippen LogP contribution >= 0.6 is 0 Å². The number of hydrogen-bond acceptors (Lipinski definition) is 17. The number of methoxy groups -OCH3 is 2. The molecular formula is C40H52O17. The molecule has 17 heteroatoms. The fourth-order valence-corrected chi connectivity index (χ4v) is 13.2. The van der Waals surface area contributed by atoms with Gasteiger partial charge in [0.05, 0.1) is 45.4 Å². The van der Waals surface area contributed by atoms with Gasteiger partial charge in [-0.1, -0.05) is 27.7 Å². The van der Waals surface area contributed by atoms with Crippen LogP contribution in [0.4, 0.5) is 0 Å². The lowest BCUT2D eigenvalue weighted by molar-refractivity contribution is -0.487. The molecule has 2 spiro atoms. The second-order valence-corrected chi connectivity index (χ2v) is 18.0. The van der Waals surface area contributed by atoms with Crippen molar-refractivity contribution in [1.29, 1.82) is 0 Å².